The maximum Gasteiger partial charge on any atom is 0.248 e. The smallest absolute Gasteiger partial charge is 0.248 e. The summed E-state index contributed by atoms with van der Waals surface area (Å²) in [5.74, 6) is 0.445. The second-order valence-electron chi connectivity index (χ2n) is 7.14. The number of carbonyl (C=O) groups is 2. The summed E-state index contributed by atoms with van der Waals surface area (Å²) in [6, 6.07) is 10.3. The molecule has 2 amide bonds. The van der Waals surface area contributed by atoms with Crippen molar-refractivity contribution in [3.05, 3.63) is 35.9 Å². The van der Waals surface area contributed by atoms with E-state index in [9.17, 15) is 9.59 Å². The van der Waals surface area contributed by atoms with Crippen molar-refractivity contribution in [1.29, 1.82) is 0 Å². The summed E-state index contributed by atoms with van der Waals surface area (Å²) in [4.78, 5) is 27.8. The molecule has 1 aromatic rings. The average Bonchev–Trinajstić information content (AvgIpc) is 3.16. The Morgan fingerprint density at radius 3 is 2.48 bits per heavy atom. The first kappa shape index (κ1) is 17.9. The quantitative estimate of drug-likeness (QED) is 0.822. The molecule has 0 aliphatic carbocycles. The van der Waals surface area contributed by atoms with Gasteiger partial charge in [0.15, 0.2) is 0 Å². The van der Waals surface area contributed by atoms with Gasteiger partial charge in [0.05, 0.1) is 6.10 Å². The third kappa shape index (κ3) is 4.82. The first-order valence-corrected chi connectivity index (χ1v) is 9.32. The van der Waals surface area contributed by atoms with Crippen molar-refractivity contribution in [3.8, 4) is 0 Å². The Hall–Kier alpha value is -1.88. The number of amides is 2. The number of piperidine rings is 1. The number of ether oxygens (including phenoxy) is 1. The zero-order chi connectivity index (χ0) is 17.6. The largest absolute Gasteiger partial charge is 0.368 e. The van der Waals surface area contributed by atoms with Crippen molar-refractivity contribution in [3.63, 3.8) is 0 Å². The van der Waals surface area contributed by atoms with Crippen molar-refractivity contribution in [2.24, 2.45) is 5.92 Å². The molecule has 0 unspecified atom stereocenters. The molecule has 1 aromatic carbocycles. The summed E-state index contributed by atoms with van der Waals surface area (Å²) in [5.41, 5.74) is 1.25. The van der Waals surface area contributed by atoms with Gasteiger partial charge in [-0.3, -0.25) is 9.59 Å². The van der Waals surface area contributed by atoms with Crippen LogP contribution in [-0.4, -0.2) is 60.5 Å². The second-order valence-corrected chi connectivity index (χ2v) is 7.14. The molecule has 25 heavy (non-hydrogen) atoms. The molecule has 2 fully saturated rings. The van der Waals surface area contributed by atoms with Gasteiger partial charge < -0.3 is 14.5 Å². The Balaban J connectivity index is 1.60. The molecule has 0 bridgehead atoms. The molecule has 2 atom stereocenters. The summed E-state index contributed by atoms with van der Waals surface area (Å²) in [6.45, 7) is 4.92. The van der Waals surface area contributed by atoms with Crippen LogP contribution in [0.2, 0.25) is 0 Å². The number of hydrogen-bond acceptors (Lipinski definition) is 3. The van der Waals surface area contributed by atoms with Crippen molar-refractivity contribution < 1.29 is 14.3 Å². The van der Waals surface area contributed by atoms with Crippen LogP contribution in [0.1, 0.15) is 31.7 Å². The lowest BCUT2D eigenvalue weighted by molar-refractivity contribution is -0.143. The molecule has 0 aromatic heterocycles. The SMILES string of the molecule is CC(=O)N1CC[C@@H](OCC(=O)N2CCCC2)[C@@H](Cc2ccccc2)C1. The van der Waals surface area contributed by atoms with Crippen LogP contribution in [0.15, 0.2) is 30.3 Å². The van der Waals surface area contributed by atoms with E-state index in [1.807, 2.05) is 28.0 Å². The van der Waals surface area contributed by atoms with Gasteiger partial charge in [0.2, 0.25) is 11.8 Å². The van der Waals surface area contributed by atoms with Gasteiger partial charge in [-0.05, 0) is 31.2 Å². The number of likely N-dealkylation sites (tertiary alicyclic amines) is 2. The summed E-state index contributed by atoms with van der Waals surface area (Å²) >= 11 is 0. The summed E-state index contributed by atoms with van der Waals surface area (Å²) in [5, 5.41) is 0. The Morgan fingerprint density at radius 1 is 1.08 bits per heavy atom. The van der Waals surface area contributed by atoms with E-state index in [2.05, 4.69) is 12.1 Å². The molecule has 0 saturated carbocycles. The molecule has 5 heteroatoms. The molecule has 5 nitrogen and oxygen atoms in total. The van der Waals surface area contributed by atoms with E-state index >= 15 is 0 Å². The van der Waals surface area contributed by atoms with Gasteiger partial charge in [0.25, 0.3) is 0 Å². The molecule has 0 N–H and O–H groups in total. The molecule has 0 spiro atoms. The fourth-order valence-electron chi connectivity index (χ4n) is 3.87. The minimum Gasteiger partial charge on any atom is -0.368 e. The third-order valence-electron chi connectivity index (χ3n) is 5.33. The molecule has 2 saturated heterocycles. The van der Waals surface area contributed by atoms with Crippen LogP contribution in [0, 0.1) is 5.92 Å². The zero-order valence-corrected chi connectivity index (χ0v) is 15.0. The van der Waals surface area contributed by atoms with Crippen LogP contribution < -0.4 is 0 Å². The van der Waals surface area contributed by atoms with Crippen LogP contribution in [0.5, 0.6) is 0 Å². The Labute approximate surface area is 149 Å². The summed E-state index contributed by atoms with van der Waals surface area (Å²) in [7, 11) is 0. The summed E-state index contributed by atoms with van der Waals surface area (Å²) < 4.78 is 6.04. The van der Waals surface area contributed by atoms with Gasteiger partial charge in [0.1, 0.15) is 6.61 Å². The maximum absolute atomic E-state index is 12.3. The van der Waals surface area contributed by atoms with Gasteiger partial charge in [-0.1, -0.05) is 30.3 Å². The van der Waals surface area contributed by atoms with Crippen molar-refractivity contribution in [2.45, 2.75) is 38.7 Å². The van der Waals surface area contributed by atoms with Gasteiger partial charge in [-0.15, -0.1) is 0 Å². The van der Waals surface area contributed by atoms with E-state index in [4.69, 9.17) is 4.74 Å². The number of rotatable bonds is 5. The average molecular weight is 344 g/mol. The van der Waals surface area contributed by atoms with E-state index in [1.54, 1.807) is 6.92 Å². The Bertz CT molecular complexity index is 584. The minimum atomic E-state index is 0.0300. The predicted molar refractivity (Wildman–Crippen MR) is 96.1 cm³/mol. The highest BCUT2D eigenvalue weighted by atomic mass is 16.5. The van der Waals surface area contributed by atoms with Gasteiger partial charge >= 0.3 is 0 Å². The molecular formula is C20H28N2O3. The van der Waals surface area contributed by atoms with Crippen LogP contribution in [0.25, 0.3) is 0 Å². The fourth-order valence-corrected chi connectivity index (χ4v) is 3.87. The van der Waals surface area contributed by atoms with Gasteiger partial charge in [-0.2, -0.15) is 0 Å². The lowest BCUT2D eigenvalue weighted by Crippen LogP contribution is -2.47. The third-order valence-corrected chi connectivity index (χ3v) is 5.33. The van der Waals surface area contributed by atoms with E-state index in [-0.39, 0.29) is 30.4 Å². The Morgan fingerprint density at radius 2 is 1.80 bits per heavy atom. The van der Waals surface area contributed by atoms with Crippen molar-refractivity contribution >= 4 is 11.8 Å². The molecule has 2 aliphatic heterocycles. The van der Waals surface area contributed by atoms with Crippen molar-refractivity contribution in [2.75, 3.05) is 32.8 Å². The van der Waals surface area contributed by atoms with Crippen LogP contribution in [0.3, 0.4) is 0 Å². The standard InChI is InChI=1S/C20H28N2O3/c1-16(23)22-12-9-19(25-15-20(24)21-10-5-6-11-21)18(14-22)13-17-7-3-2-4-8-17/h2-4,7-8,18-19H,5-6,9-15H2,1H3/t18-,19+/m0/s1. The first-order valence-electron chi connectivity index (χ1n) is 9.32. The van der Waals surface area contributed by atoms with Crippen LogP contribution in [0.4, 0.5) is 0 Å². The van der Waals surface area contributed by atoms with E-state index in [0.717, 1.165) is 38.8 Å². The van der Waals surface area contributed by atoms with E-state index in [0.29, 0.717) is 13.1 Å². The molecule has 0 radical (unpaired) electrons. The predicted octanol–water partition coefficient (Wildman–Crippen LogP) is 2.11. The van der Waals surface area contributed by atoms with Crippen LogP contribution >= 0.6 is 0 Å². The topological polar surface area (TPSA) is 49.9 Å². The van der Waals surface area contributed by atoms with E-state index in [1.165, 1.54) is 5.56 Å². The highest BCUT2D eigenvalue weighted by molar-refractivity contribution is 5.77. The molecule has 136 valence electrons. The van der Waals surface area contributed by atoms with Gasteiger partial charge in [-0.25, -0.2) is 0 Å². The minimum absolute atomic E-state index is 0.0300. The second kappa shape index (κ2) is 8.48. The van der Waals surface area contributed by atoms with Gasteiger partial charge in [0, 0.05) is 39.0 Å². The molecular weight excluding hydrogens is 316 g/mol. The number of nitrogens with zero attached hydrogens (tertiary/aromatic N) is 2. The van der Waals surface area contributed by atoms with Crippen LogP contribution in [-0.2, 0) is 20.7 Å². The zero-order valence-electron chi connectivity index (χ0n) is 15.0. The molecule has 2 heterocycles. The fraction of sp³-hybridized carbons (Fsp3) is 0.600. The van der Waals surface area contributed by atoms with E-state index < -0.39 is 0 Å². The molecule has 3 rings (SSSR count). The number of carbonyl (C=O) groups excluding carboxylic acids is 2. The monoisotopic (exact) mass is 344 g/mol. The molecule has 2 aliphatic rings. The Kier molecular flexibility index (Phi) is 6.08. The summed E-state index contributed by atoms with van der Waals surface area (Å²) in [6.07, 6.45) is 3.89. The number of hydrogen-bond donors (Lipinski definition) is 0. The normalized spacial score (nSPS) is 23.7. The lowest BCUT2D eigenvalue weighted by atomic mass is 9.88. The number of benzene rings is 1. The lowest BCUT2D eigenvalue weighted by Gasteiger charge is -2.38. The first-order chi connectivity index (χ1) is 12.1. The maximum atomic E-state index is 12.3. The van der Waals surface area contributed by atoms with Crippen molar-refractivity contribution in [1.82, 2.24) is 9.80 Å². The highest BCUT2D eigenvalue weighted by Crippen LogP contribution is 2.24. The highest BCUT2D eigenvalue weighted by Gasteiger charge is 2.32.